The number of hydrogen-bond acceptors (Lipinski definition) is 26. The zero-order valence-corrected chi connectivity index (χ0v) is 29.5. The lowest BCUT2D eigenvalue weighted by atomic mass is 9.98. The fourth-order valence-corrected chi connectivity index (χ4v) is 7.16. The molecule has 17 N–H and O–H groups in total. The van der Waals surface area contributed by atoms with E-state index in [1.54, 1.807) is 0 Å². The first-order valence-corrected chi connectivity index (χ1v) is 17.5. The molecule has 26 nitrogen and oxygen atoms in total. The summed E-state index contributed by atoms with van der Waals surface area (Å²) in [5.74, 6) is -10.3. The molecule has 5 rings (SSSR count). The lowest BCUT2D eigenvalue weighted by molar-refractivity contribution is -0.404. The maximum Gasteiger partial charge on any atom is 0.224 e. The standard InChI is InChI=1S/C30H52O26/c31-1-10-16(38)22(44)27(6-35,52-10)49-8-29(24(46)18(40)12(3-33)54-29)48-5-14-15(37)20(42)21(43)26(51-14)56-30(25(47)19(41)13(4-34)55-30)9-50-28(7-36)23(45)17(39)11(2-32)53-28/h10-26,31-47H,1-9H2/t10-,11-,12+,13+,14+,15+,16+,17+,18+,19+,20-,21+,22-,23-,24-,25-,26+,27+,28+,29+,30-/m0/s1. The van der Waals surface area contributed by atoms with Crippen LogP contribution in [0.15, 0.2) is 0 Å². The Hall–Kier alpha value is -1.04. The first kappa shape index (κ1) is 46.0. The second kappa shape index (κ2) is 17.9. The number of aliphatic hydroxyl groups excluding tert-OH is 17. The quantitative estimate of drug-likeness (QED) is 0.0647. The van der Waals surface area contributed by atoms with Crippen molar-refractivity contribution < 1.29 is 129 Å². The Labute approximate surface area is 316 Å². The van der Waals surface area contributed by atoms with Crippen molar-refractivity contribution in [3.05, 3.63) is 0 Å². The van der Waals surface area contributed by atoms with Gasteiger partial charge in [0.25, 0.3) is 0 Å². The van der Waals surface area contributed by atoms with Crippen LogP contribution in [0.25, 0.3) is 0 Å². The second-order valence-corrected chi connectivity index (χ2v) is 14.2. The molecule has 0 amide bonds. The van der Waals surface area contributed by atoms with Crippen LogP contribution in [0.4, 0.5) is 0 Å². The van der Waals surface area contributed by atoms with E-state index in [2.05, 4.69) is 0 Å². The maximum atomic E-state index is 11.1. The van der Waals surface area contributed by atoms with Crippen LogP contribution >= 0.6 is 0 Å². The highest BCUT2D eigenvalue weighted by molar-refractivity contribution is 5.03. The minimum absolute atomic E-state index is 0.829. The molecule has 26 heteroatoms. The topological polar surface area (TPSA) is 427 Å². The first-order chi connectivity index (χ1) is 26.4. The van der Waals surface area contributed by atoms with E-state index in [9.17, 15) is 86.8 Å². The number of ether oxygens (including phenoxy) is 9. The van der Waals surface area contributed by atoms with E-state index in [1.165, 1.54) is 0 Å². The van der Waals surface area contributed by atoms with Gasteiger partial charge in [-0.05, 0) is 0 Å². The summed E-state index contributed by atoms with van der Waals surface area (Å²) in [4.78, 5) is 0. The smallest absolute Gasteiger partial charge is 0.224 e. The van der Waals surface area contributed by atoms with Gasteiger partial charge in [0.05, 0.1) is 33.0 Å². The van der Waals surface area contributed by atoms with E-state index in [-0.39, 0.29) is 0 Å². The predicted molar refractivity (Wildman–Crippen MR) is 167 cm³/mol. The van der Waals surface area contributed by atoms with Crippen molar-refractivity contribution in [2.45, 2.75) is 127 Å². The first-order valence-electron chi connectivity index (χ1n) is 17.5. The summed E-state index contributed by atoms with van der Waals surface area (Å²) in [6, 6.07) is 0. The second-order valence-electron chi connectivity index (χ2n) is 14.2. The van der Waals surface area contributed by atoms with Gasteiger partial charge in [-0.25, -0.2) is 0 Å². The third-order valence-corrected chi connectivity index (χ3v) is 10.7. The van der Waals surface area contributed by atoms with Crippen LogP contribution in [0.1, 0.15) is 0 Å². The Kier molecular flexibility index (Phi) is 14.7. The van der Waals surface area contributed by atoms with Crippen molar-refractivity contribution in [3.8, 4) is 0 Å². The van der Waals surface area contributed by atoms with Crippen molar-refractivity contribution in [1.82, 2.24) is 0 Å². The Morgan fingerprint density at radius 1 is 0.375 bits per heavy atom. The lowest BCUT2D eigenvalue weighted by Crippen LogP contribution is -2.64. The van der Waals surface area contributed by atoms with Gasteiger partial charge < -0.3 is 129 Å². The lowest BCUT2D eigenvalue weighted by Gasteiger charge is -2.45. The van der Waals surface area contributed by atoms with E-state index < -0.39 is 187 Å². The fourth-order valence-electron chi connectivity index (χ4n) is 7.16. The van der Waals surface area contributed by atoms with Crippen molar-refractivity contribution in [2.24, 2.45) is 0 Å². The minimum atomic E-state index is -2.74. The molecule has 0 unspecified atom stereocenters. The maximum absolute atomic E-state index is 11.1. The normalized spacial score (nSPS) is 52.3. The molecular formula is C30H52O26. The summed E-state index contributed by atoms with van der Waals surface area (Å²) in [5, 5.41) is 176. The molecule has 328 valence electrons. The van der Waals surface area contributed by atoms with E-state index in [0.29, 0.717) is 0 Å². The molecule has 5 aliphatic rings. The van der Waals surface area contributed by atoms with Crippen LogP contribution in [0, 0.1) is 0 Å². The van der Waals surface area contributed by atoms with Gasteiger partial charge >= 0.3 is 0 Å². The summed E-state index contributed by atoms with van der Waals surface area (Å²) in [6.07, 6.45) is -32.4. The molecule has 56 heavy (non-hydrogen) atoms. The molecular weight excluding hydrogens is 776 g/mol. The van der Waals surface area contributed by atoms with Gasteiger partial charge in [-0.1, -0.05) is 0 Å². The monoisotopic (exact) mass is 828 g/mol. The molecule has 0 aromatic rings. The molecule has 21 atom stereocenters. The molecule has 5 heterocycles. The summed E-state index contributed by atoms with van der Waals surface area (Å²) < 4.78 is 50.0. The summed E-state index contributed by atoms with van der Waals surface area (Å²) in [6.45, 7) is -9.08. The van der Waals surface area contributed by atoms with Gasteiger partial charge in [-0.2, -0.15) is 0 Å². The third kappa shape index (κ3) is 7.97. The van der Waals surface area contributed by atoms with Gasteiger partial charge in [-0.3, -0.25) is 0 Å². The third-order valence-electron chi connectivity index (χ3n) is 10.7. The fraction of sp³-hybridized carbons (Fsp3) is 1.00. The van der Waals surface area contributed by atoms with Crippen LogP contribution in [0.5, 0.6) is 0 Å². The van der Waals surface area contributed by atoms with E-state index in [0.717, 1.165) is 0 Å². The van der Waals surface area contributed by atoms with Crippen LogP contribution in [0.2, 0.25) is 0 Å². The summed E-state index contributed by atoms with van der Waals surface area (Å²) >= 11 is 0. The van der Waals surface area contributed by atoms with Crippen molar-refractivity contribution in [1.29, 1.82) is 0 Å². The Morgan fingerprint density at radius 3 is 1.12 bits per heavy atom. The van der Waals surface area contributed by atoms with Crippen molar-refractivity contribution in [2.75, 3.05) is 59.5 Å². The van der Waals surface area contributed by atoms with Gasteiger partial charge in [0.2, 0.25) is 23.1 Å². The van der Waals surface area contributed by atoms with Crippen LogP contribution in [-0.2, 0) is 42.6 Å². The minimum Gasteiger partial charge on any atom is -0.394 e. The Bertz CT molecular complexity index is 1270. The number of rotatable bonds is 17. The summed E-state index contributed by atoms with van der Waals surface area (Å²) in [7, 11) is 0. The van der Waals surface area contributed by atoms with Gasteiger partial charge in [0.15, 0.2) is 6.29 Å². The molecule has 0 aromatic heterocycles. The van der Waals surface area contributed by atoms with E-state index >= 15 is 0 Å². The van der Waals surface area contributed by atoms with Gasteiger partial charge in [-0.15, -0.1) is 0 Å². The molecule has 0 aromatic carbocycles. The van der Waals surface area contributed by atoms with Crippen molar-refractivity contribution >= 4 is 0 Å². The largest absolute Gasteiger partial charge is 0.394 e. The average molecular weight is 829 g/mol. The molecule has 5 aliphatic heterocycles. The van der Waals surface area contributed by atoms with Gasteiger partial charge in [0, 0.05) is 0 Å². The highest BCUT2D eigenvalue weighted by Gasteiger charge is 2.64. The zero-order valence-electron chi connectivity index (χ0n) is 29.5. The highest BCUT2D eigenvalue weighted by atomic mass is 16.8. The molecule has 0 spiro atoms. The van der Waals surface area contributed by atoms with E-state index in [1.807, 2.05) is 0 Å². The number of aliphatic hydroxyl groups is 17. The van der Waals surface area contributed by atoms with Crippen LogP contribution in [-0.4, -0.2) is 273 Å². The highest BCUT2D eigenvalue weighted by Crippen LogP contribution is 2.42. The van der Waals surface area contributed by atoms with Crippen LogP contribution < -0.4 is 0 Å². The Balaban J connectivity index is 1.38. The molecule has 0 aliphatic carbocycles. The van der Waals surface area contributed by atoms with Crippen molar-refractivity contribution in [3.63, 3.8) is 0 Å². The van der Waals surface area contributed by atoms with Gasteiger partial charge in [0.1, 0.15) is 124 Å². The molecule has 5 fully saturated rings. The average Bonchev–Trinajstić information content (AvgIpc) is 3.80. The predicted octanol–water partition coefficient (Wildman–Crippen LogP) is -11.9. The SMILES string of the molecule is OC[C@@H]1O[C@@](CO)(OC[C@@]2(OC[C@H]3O[C@H](O[C@]4(CO[C@]5(CO)O[C@@H](CO)[C@@H](O)[C@@H]5O)O[C@H](CO)[C@@H](O)[C@@H]4O)[C@H](O)[C@@H](O)[C@@H]3O)O[C@H](CO)[C@@H](O)[C@@H]2O)[C@@H](O)[C@@H]1O. The van der Waals surface area contributed by atoms with Crippen LogP contribution in [0.3, 0.4) is 0 Å². The molecule has 5 saturated heterocycles. The molecule has 0 saturated carbocycles. The number of hydrogen-bond donors (Lipinski definition) is 17. The summed E-state index contributed by atoms with van der Waals surface area (Å²) in [5.41, 5.74) is 0. The van der Waals surface area contributed by atoms with E-state index in [4.69, 9.17) is 42.6 Å². The molecule has 0 radical (unpaired) electrons. The Morgan fingerprint density at radius 2 is 0.732 bits per heavy atom. The zero-order chi connectivity index (χ0) is 41.5. The molecule has 0 bridgehead atoms.